The molecule has 0 aliphatic rings. The Morgan fingerprint density at radius 1 is 1.38 bits per heavy atom. The smallest absolute Gasteiger partial charge is 0.175 e. The van der Waals surface area contributed by atoms with Crippen LogP contribution in [0.2, 0.25) is 0 Å². The van der Waals surface area contributed by atoms with Crippen LogP contribution in [-0.4, -0.2) is 13.7 Å². The maximum atomic E-state index is 13.9. The predicted molar refractivity (Wildman–Crippen MR) is 96.3 cm³/mol. The number of allylic oxidation sites excluding steroid dienone is 1. The van der Waals surface area contributed by atoms with E-state index < -0.39 is 5.82 Å². The fourth-order valence-electron chi connectivity index (χ4n) is 2.12. The third-order valence-corrected chi connectivity index (χ3v) is 3.78. The van der Waals surface area contributed by atoms with Gasteiger partial charge in [-0.15, -0.1) is 0 Å². The van der Waals surface area contributed by atoms with E-state index in [2.05, 4.69) is 22.5 Å². The lowest BCUT2D eigenvalue weighted by Crippen LogP contribution is -1.98. The zero-order chi connectivity index (χ0) is 17.5. The SMILES string of the molecule is C=CCOc1c(Br)cc(C=C(C#N)c2ccccc2F)cc1OC. The summed E-state index contributed by atoms with van der Waals surface area (Å²) < 4.78 is 25.5. The summed E-state index contributed by atoms with van der Waals surface area (Å²) in [5, 5.41) is 9.37. The van der Waals surface area contributed by atoms with E-state index in [0.717, 1.165) is 0 Å². The standard InChI is InChI=1S/C19H15BrFNO2/c1-3-8-24-19-16(20)10-13(11-18(19)23-2)9-14(12-22)15-6-4-5-7-17(15)21/h3-7,9-11H,1,8H2,2H3. The van der Waals surface area contributed by atoms with Gasteiger partial charge in [-0.25, -0.2) is 4.39 Å². The highest BCUT2D eigenvalue weighted by Crippen LogP contribution is 2.37. The van der Waals surface area contributed by atoms with Gasteiger partial charge >= 0.3 is 0 Å². The molecule has 0 aliphatic heterocycles. The van der Waals surface area contributed by atoms with E-state index in [9.17, 15) is 9.65 Å². The normalized spacial score (nSPS) is 10.8. The first-order valence-corrected chi connectivity index (χ1v) is 7.88. The second kappa shape index (κ2) is 8.32. The van der Waals surface area contributed by atoms with E-state index in [0.29, 0.717) is 28.1 Å². The Kier molecular flexibility index (Phi) is 6.16. The van der Waals surface area contributed by atoms with Crippen molar-refractivity contribution in [1.82, 2.24) is 0 Å². The van der Waals surface area contributed by atoms with Gasteiger partial charge in [0.25, 0.3) is 0 Å². The minimum absolute atomic E-state index is 0.224. The maximum absolute atomic E-state index is 13.9. The van der Waals surface area contributed by atoms with Gasteiger partial charge in [0.1, 0.15) is 12.4 Å². The summed E-state index contributed by atoms with van der Waals surface area (Å²) >= 11 is 3.43. The summed E-state index contributed by atoms with van der Waals surface area (Å²) in [6.07, 6.45) is 3.23. The van der Waals surface area contributed by atoms with Crippen molar-refractivity contribution in [3.05, 3.63) is 70.5 Å². The first-order chi connectivity index (χ1) is 11.6. The summed E-state index contributed by atoms with van der Waals surface area (Å²) in [6, 6.07) is 11.7. The number of methoxy groups -OCH3 is 1. The minimum atomic E-state index is -0.442. The molecule has 0 amide bonds. The highest BCUT2D eigenvalue weighted by atomic mass is 79.9. The van der Waals surface area contributed by atoms with Gasteiger partial charge in [0.15, 0.2) is 11.5 Å². The molecule has 0 unspecified atom stereocenters. The van der Waals surface area contributed by atoms with Gasteiger partial charge in [0, 0.05) is 5.56 Å². The quantitative estimate of drug-likeness (QED) is 0.387. The molecule has 0 fully saturated rings. The average Bonchev–Trinajstić information content (AvgIpc) is 2.59. The molecule has 0 saturated carbocycles. The molecule has 3 nitrogen and oxygen atoms in total. The Morgan fingerprint density at radius 2 is 2.12 bits per heavy atom. The topological polar surface area (TPSA) is 42.2 Å². The molecule has 5 heteroatoms. The van der Waals surface area contributed by atoms with E-state index in [1.807, 2.05) is 6.07 Å². The molecule has 0 radical (unpaired) electrons. The first kappa shape index (κ1) is 17.8. The lowest BCUT2D eigenvalue weighted by atomic mass is 10.0. The van der Waals surface area contributed by atoms with Crippen LogP contribution in [0.4, 0.5) is 4.39 Å². The summed E-state index contributed by atoms with van der Waals surface area (Å²) in [5.74, 6) is 0.601. The molecule has 0 atom stereocenters. The van der Waals surface area contributed by atoms with Crippen molar-refractivity contribution >= 4 is 27.6 Å². The third-order valence-electron chi connectivity index (χ3n) is 3.19. The number of nitrogens with zero attached hydrogens (tertiary/aromatic N) is 1. The van der Waals surface area contributed by atoms with E-state index in [-0.39, 0.29) is 11.1 Å². The second-order valence-electron chi connectivity index (χ2n) is 4.78. The molecule has 0 bridgehead atoms. The van der Waals surface area contributed by atoms with Gasteiger partial charge in [0.05, 0.1) is 23.2 Å². The number of hydrogen-bond donors (Lipinski definition) is 0. The Hall–Kier alpha value is -2.58. The summed E-state index contributed by atoms with van der Waals surface area (Å²) in [4.78, 5) is 0. The molecule has 0 saturated heterocycles. The van der Waals surface area contributed by atoms with Crippen molar-refractivity contribution in [2.75, 3.05) is 13.7 Å². The van der Waals surface area contributed by atoms with Crippen LogP contribution in [0.3, 0.4) is 0 Å². The fraction of sp³-hybridized carbons (Fsp3) is 0.105. The predicted octanol–water partition coefficient (Wildman–Crippen LogP) is 5.23. The summed E-state index contributed by atoms with van der Waals surface area (Å²) in [7, 11) is 1.53. The van der Waals surface area contributed by atoms with Crippen molar-refractivity contribution in [3.63, 3.8) is 0 Å². The van der Waals surface area contributed by atoms with Crippen LogP contribution in [-0.2, 0) is 0 Å². The Morgan fingerprint density at radius 3 is 2.75 bits per heavy atom. The minimum Gasteiger partial charge on any atom is -0.493 e. The lowest BCUT2D eigenvalue weighted by Gasteiger charge is -2.12. The zero-order valence-corrected chi connectivity index (χ0v) is 14.6. The Bertz CT molecular complexity index is 825. The van der Waals surface area contributed by atoms with Gasteiger partial charge in [-0.2, -0.15) is 5.26 Å². The van der Waals surface area contributed by atoms with Gasteiger partial charge in [-0.05, 0) is 45.8 Å². The average molecular weight is 388 g/mol. The molecule has 0 heterocycles. The van der Waals surface area contributed by atoms with Crippen molar-refractivity contribution in [1.29, 1.82) is 5.26 Å². The van der Waals surface area contributed by atoms with Crippen molar-refractivity contribution in [2.24, 2.45) is 0 Å². The molecule has 122 valence electrons. The van der Waals surface area contributed by atoms with E-state index in [1.165, 1.54) is 13.2 Å². The van der Waals surface area contributed by atoms with Crippen molar-refractivity contribution < 1.29 is 13.9 Å². The Labute approximate surface area is 148 Å². The van der Waals surface area contributed by atoms with E-state index >= 15 is 0 Å². The highest BCUT2D eigenvalue weighted by molar-refractivity contribution is 9.10. The van der Waals surface area contributed by atoms with E-state index in [4.69, 9.17) is 9.47 Å². The molecule has 0 aromatic heterocycles. The molecule has 2 rings (SSSR count). The molecule has 24 heavy (non-hydrogen) atoms. The largest absolute Gasteiger partial charge is 0.493 e. The van der Waals surface area contributed by atoms with Crippen LogP contribution in [0.1, 0.15) is 11.1 Å². The molecule has 0 spiro atoms. The number of benzene rings is 2. The van der Waals surface area contributed by atoms with Crippen LogP contribution in [0.5, 0.6) is 11.5 Å². The summed E-state index contributed by atoms with van der Waals surface area (Å²) in [5.41, 5.74) is 1.16. The fourth-order valence-corrected chi connectivity index (χ4v) is 2.70. The molecular weight excluding hydrogens is 373 g/mol. The lowest BCUT2D eigenvalue weighted by molar-refractivity contribution is 0.324. The number of rotatable bonds is 6. The first-order valence-electron chi connectivity index (χ1n) is 7.08. The number of nitriles is 1. The number of ether oxygens (including phenoxy) is 2. The van der Waals surface area contributed by atoms with Crippen LogP contribution < -0.4 is 9.47 Å². The molecule has 0 N–H and O–H groups in total. The number of halogens is 2. The molecule has 0 aliphatic carbocycles. The van der Waals surface area contributed by atoms with Gasteiger partial charge < -0.3 is 9.47 Å². The van der Waals surface area contributed by atoms with E-state index in [1.54, 1.807) is 42.5 Å². The maximum Gasteiger partial charge on any atom is 0.175 e. The zero-order valence-electron chi connectivity index (χ0n) is 13.1. The number of hydrogen-bond acceptors (Lipinski definition) is 3. The Balaban J connectivity index is 2.48. The monoisotopic (exact) mass is 387 g/mol. The second-order valence-corrected chi connectivity index (χ2v) is 5.64. The molecular formula is C19H15BrFNO2. The third kappa shape index (κ3) is 4.03. The van der Waals surface area contributed by atoms with Gasteiger partial charge in [0.2, 0.25) is 0 Å². The van der Waals surface area contributed by atoms with Crippen LogP contribution >= 0.6 is 15.9 Å². The van der Waals surface area contributed by atoms with Gasteiger partial charge in [-0.3, -0.25) is 0 Å². The summed E-state index contributed by atoms with van der Waals surface area (Å²) in [6.45, 7) is 3.94. The van der Waals surface area contributed by atoms with Crippen LogP contribution in [0.25, 0.3) is 11.6 Å². The van der Waals surface area contributed by atoms with Crippen LogP contribution in [0.15, 0.2) is 53.5 Å². The van der Waals surface area contributed by atoms with Gasteiger partial charge in [-0.1, -0.05) is 30.9 Å². The molecule has 2 aromatic rings. The molecule has 2 aromatic carbocycles. The highest BCUT2D eigenvalue weighted by Gasteiger charge is 2.12. The van der Waals surface area contributed by atoms with Crippen molar-refractivity contribution in [3.8, 4) is 17.6 Å². The van der Waals surface area contributed by atoms with Crippen molar-refractivity contribution in [2.45, 2.75) is 0 Å². The van der Waals surface area contributed by atoms with Crippen LogP contribution in [0, 0.1) is 17.1 Å².